The fourth-order valence-electron chi connectivity index (χ4n) is 8.17. The highest BCUT2D eigenvalue weighted by Gasteiger charge is 2.38. The third kappa shape index (κ3) is 7.78. The van der Waals surface area contributed by atoms with Crippen LogP contribution in [0, 0.1) is 0 Å². The van der Waals surface area contributed by atoms with E-state index in [1.54, 1.807) is 49.4 Å². The van der Waals surface area contributed by atoms with Crippen LogP contribution >= 0.6 is 11.6 Å². The lowest BCUT2D eigenvalue weighted by atomic mass is 9.85. The molecule has 0 saturated carbocycles. The number of amides is 2. The predicted molar refractivity (Wildman–Crippen MR) is 197 cm³/mol. The standard InChI is InChI=1S/C39H42ClF3N6O4/c1-47-21-30(28-7-12-44-20-29(28)38(47)52)24-17-33(40)31(35(18-24)53-2)22-48-13-10-26(11-14-48)49-15-8-23(9-16-49)27-4-3-25(19-32(27)39(41,42)43)45-34-5-6-36(50)46-37(34)51/h3-4,7,12,17-21,23,26,34,45H,5-6,8-11,13-16,22H2,1-2H3,(H,46,50,51). The summed E-state index contributed by atoms with van der Waals surface area (Å²) < 4.78 is 50.3. The predicted octanol–water partition coefficient (Wildman–Crippen LogP) is 6.34. The van der Waals surface area contributed by atoms with Crippen LogP contribution in [0.5, 0.6) is 5.75 Å². The summed E-state index contributed by atoms with van der Waals surface area (Å²) in [5, 5.41) is 7.02. The number of anilines is 1. The number of likely N-dealkylation sites (tertiary alicyclic amines) is 2. The molecule has 4 aromatic rings. The minimum atomic E-state index is -4.54. The van der Waals surface area contributed by atoms with Crippen LogP contribution in [0.25, 0.3) is 21.9 Å². The highest BCUT2D eigenvalue weighted by Crippen LogP contribution is 2.41. The van der Waals surface area contributed by atoms with Gasteiger partial charge < -0.3 is 19.5 Å². The zero-order valence-electron chi connectivity index (χ0n) is 29.6. The molecule has 0 aliphatic carbocycles. The van der Waals surface area contributed by atoms with Crippen molar-refractivity contribution >= 4 is 39.9 Å². The minimum Gasteiger partial charge on any atom is -0.496 e. The average molecular weight is 751 g/mol. The van der Waals surface area contributed by atoms with Crippen LogP contribution < -0.4 is 20.9 Å². The van der Waals surface area contributed by atoms with Gasteiger partial charge in [-0.15, -0.1) is 0 Å². The Labute approximate surface area is 310 Å². The highest BCUT2D eigenvalue weighted by atomic mass is 35.5. The quantitative estimate of drug-likeness (QED) is 0.201. The normalized spacial score (nSPS) is 19.8. The van der Waals surface area contributed by atoms with Crippen molar-refractivity contribution in [3.05, 3.63) is 87.1 Å². The van der Waals surface area contributed by atoms with Crippen LogP contribution in [0.1, 0.15) is 61.1 Å². The van der Waals surface area contributed by atoms with Gasteiger partial charge in [-0.25, -0.2) is 0 Å². The summed E-state index contributed by atoms with van der Waals surface area (Å²) in [4.78, 5) is 45.3. The van der Waals surface area contributed by atoms with Gasteiger partial charge in [-0.2, -0.15) is 13.2 Å². The molecule has 0 radical (unpaired) electrons. The fourth-order valence-corrected chi connectivity index (χ4v) is 8.44. The number of piperidine rings is 3. The third-order valence-electron chi connectivity index (χ3n) is 11.0. The molecule has 14 heteroatoms. The molecule has 1 unspecified atom stereocenters. The number of nitrogens with zero attached hydrogens (tertiary/aromatic N) is 4. The van der Waals surface area contributed by atoms with Crippen LogP contribution in [0.15, 0.2) is 59.8 Å². The number of rotatable bonds is 8. The molecule has 3 fully saturated rings. The highest BCUT2D eigenvalue weighted by molar-refractivity contribution is 6.32. The van der Waals surface area contributed by atoms with Gasteiger partial charge in [-0.3, -0.25) is 29.6 Å². The molecule has 1 atom stereocenters. The van der Waals surface area contributed by atoms with E-state index < -0.39 is 23.7 Å². The number of carbonyl (C=O) groups is 2. The maximum Gasteiger partial charge on any atom is 0.416 e. The first-order valence-electron chi connectivity index (χ1n) is 18.0. The second-order valence-electron chi connectivity index (χ2n) is 14.3. The number of halogens is 4. The molecule has 2 aromatic heterocycles. The summed E-state index contributed by atoms with van der Waals surface area (Å²) in [5.74, 6) is -0.455. The van der Waals surface area contributed by atoms with E-state index in [1.807, 2.05) is 18.2 Å². The summed E-state index contributed by atoms with van der Waals surface area (Å²) in [5.41, 5.74) is 2.30. The molecule has 0 bridgehead atoms. The second kappa shape index (κ2) is 15.1. The van der Waals surface area contributed by atoms with Gasteiger partial charge in [-0.05, 0) is 111 Å². The van der Waals surface area contributed by atoms with Crippen molar-refractivity contribution in [3.63, 3.8) is 0 Å². The number of nitrogens with one attached hydrogen (secondary N) is 2. The number of benzene rings is 2. The summed E-state index contributed by atoms with van der Waals surface area (Å²) in [6.45, 7) is 3.76. The Morgan fingerprint density at radius 2 is 1.74 bits per heavy atom. The number of hydrogen-bond donors (Lipinski definition) is 2. The van der Waals surface area contributed by atoms with E-state index in [4.69, 9.17) is 16.3 Å². The van der Waals surface area contributed by atoms with Gasteiger partial charge in [0.2, 0.25) is 11.8 Å². The molecular formula is C39H42ClF3N6O4. The molecule has 7 rings (SSSR count). The van der Waals surface area contributed by atoms with Crippen LogP contribution in [-0.2, 0) is 29.4 Å². The number of carbonyl (C=O) groups excluding carboxylic acids is 2. The number of hydrogen-bond acceptors (Lipinski definition) is 8. The Hall–Kier alpha value is -4.46. The van der Waals surface area contributed by atoms with Gasteiger partial charge >= 0.3 is 6.18 Å². The van der Waals surface area contributed by atoms with E-state index in [9.17, 15) is 27.6 Å². The monoisotopic (exact) mass is 750 g/mol. The van der Waals surface area contributed by atoms with E-state index in [1.165, 1.54) is 0 Å². The zero-order chi connectivity index (χ0) is 37.4. The SMILES string of the molecule is COc1cc(-c2cn(C)c(=O)c3cnccc23)cc(Cl)c1CN1CCC(N2CCC(c3ccc(NC4CCC(=O)NC4=O)cc3C(F)(F)F)CC2)CC1. The molecule has 3 aliphatic heterocycles. The molecule has 5 heterocycles. The number of imide groups is 1. The molecule has 3 saturated heterocycles. The van der Waals surface area contributed by atoms with Crippen LogP contribution in [-0.4, -0.2) is 76.5 Å². The molecule has 3 aliphatic rings. The lowest BCUT2D eigenvalue weighted by Crippen LogP contribution is -2.47. The Kier molecular flexibility index (Phi) is 10.5. The van der Waals surface area contributed by atoms with E-state index in [-0.39, 0.29) is 35.9 Å². The molecular weight excluding hydrogens is 709 g/mol. The molecule has 53 heavy (non-hydrogen) atoms. The lowest BCUT2D eigenvalue weighted by Gasteiger charge is -2.42. The van der Waals surface area contributed by atoms with Crippen LogP contribution in [0.3, 0.4) is 0 Å². The maximum atomic E-state index is 14.3. The second-order valence-corrected chi connectivity index (χ2v) is 14.7. The molecule has 2 amide bonds. The number of alkyl halides is 3. The number of aryl methyl sites for hydroxylation is 1. The average Bonchev–Trinajstić information content (AvgIpc) is 3.15. The Morgan fingerprint density at radius 1 is 0.981 bits per heavy atom. The number of pyridine rings is 2. The Balaban J connectivity index is 0.970. The van der Waals surface area contributed by atoms with Crippen molar-refractivity contribution in [1.82, 2.24) is 24.7 Å². The van der Waals surface area contributed by atoms with Crippen molar-refractivity contribution < 1.29 is 27.5 Å². The fraction of sp³-hybridized carbons (Fsp3) is 0.436. The van der Waals surface area contributed by atoms with Crippen molar-refractivity contribution in [1.29, 1.82) is 0 Å². The van der Waals surface area contributed by atoms with Gasteiger partial charge in [0.15, 0.2) is 0 Å². The van der Waals surface area contributed by atoms with Crippen molar-refractivity contribution in [2.75, 3.05) is 38.6 Å². The molecule has 0 spiro atoms. The minimum absolute atomic E-state index is 0.122. The van der Waals surface area contributed by atoms with E-state index in [0.717, 1.165) is 67.2 Å². The Morgan fingerprint density at radius 3 is 2.43 bits per heavy atom. The molecule has 10 nitrogen and oxygen atoms in total. The van der Waals surface area contributed by atoms with E-state index in [0.29, 0.717) is 47.2 Å². The summed E-state index contributed by atoms with van der Waals surface area (Å²) >= 11 is 6.92. The number of methoxy groups -OCH3 is 1. The summed E-state index contributed by atoms with van der Waals surface area (Å²) in [6, 6.07) is 9.55. The van der Waals surface area contributed by atoms with Gasteiger partial charge in [0, 0.05) is 66.5 Å². The first-order valence-corrected chi connectivity index (χ1v) is 18.3. The first-order chi connectivity index (χ1) is 25.4. The zero-order valence-corrected chi connectivity index (χ0v) is 30.4. The third-order valence-corrected chi connectivity index (χ3v) is 11.4. The van der Waals surface area contributed by atoms with Gasteiger partial charge in [0.1, 0.15) is 11.8 Å². The van der Waals surface area contributed by atoms with E-state index in [2.05, 4.69) is 25.4 Å². The summed E-state index contributed by atoms with van der Waals surface area (Å²) in [7, 11) is 3.34. The molecule has 2 aromatic carbocycles. The van der Waals surface area contributed by atoms with Crippen LogP contribution in [0.4, 0.5) is 18.9 Å². The number of fused-ring (bicyclic) bond motifs is 1. The van der Waals surface area contributed by atoms with Crippen molar-refractivity contribution in [2.45, 2.75) is 69.2 Å². The van der Waals surface area contributed by atoms with E-state index >= 15 is 0 Å². The number of aromatic nitrogens is 2. The maximum absolute atomic E-state index is 14.3. The Bertz CT molecular complexity index is 2090. The smallest absolute Gasteiger partial charge is 0.416 e. The van der Waals surface area contributed by atoms with Crippen molar-refractivity contribution in [2.24, 2.45) is 7.05 Å². The topological polar surface area (TPSA) is 109 Å². The lowest BCUT2D eigenvalue weighted by molar-refractivity contribution is -0.138. The van der Waals surface area contributed by atoms with Gasteiger partial charge in [0.05, 0.1) is 18.1 Å². The van der Waals surface area contributed by atoms with Crippen LogP contribution in [0.2, 0.25) is 5.02 Å². The largest absolute Gasteiger partial charge is 0.496 e. The molecule has 2 N–H and O–H groups in total. The van der Waals surface area contributed by atoms with Gasteiger partial charge in [0.25, 0.3) is 5.56 Å². The van der Waals surface area contributed by atoms with Gasteiger partial charge in [-0.1, -0.05) is 17.7 Å². The molecule has 280 valence electrons. The van der Waals surface area contributed by atoms with Crippen molar-refractivity contribution in [3.8, 4) is 16.9 Å². The number of ether oxygens (including phenoxy) is 1. The first kappa shape index (κ1) is 36.9. The summed E-state index contributed by atoms with van der Waals surface area (Å²) in [6.07, 6.45) is 4.01.